The van der Waals surface area contributed by atoms with E-state index in [2.05, 4.69) is 0 Å². The van der Waals surface area contributed by atoms with Crippen molar-refractivity contribution < 1.29 is 19.4 Å². The smallest absolute Gasteiger partial charge is 0.153 e. The van der Waals surface area contributed by atoms with Crippen molar-refractivity contribution in [3.05, 3.63) is 23.3 Å². The van der Waals surface area contributed by atoms with Crippen LogP contribution in [0.4, 0.5) is 0 Å². The Labute approximate surface area is 82.1 Å². The SMILES string of the molecule is COc1cc(C=O)c(OC)c(CO)c1. The second kappa shape index (κ2) is 4.62. The van der Waals surface area contributed by atoms with Gasteiger partial charge in [0.2, 0.25) is 0 Å². The van der Waals surface area contributed by atoms with Crippen molar-refractivity contribution in [2.75, 3.05) is 14.2 Å². The molecule has 76 valence electrons. The first-order chi connectivity index (χ1) is 6.76. The molecule has 1 rings (SSSR count). The highest BCUT2D eigenvalue weighted by Crippen LogP contribution is 2.28. The fourth-order valence-electron chi connectivity index (χ4n) is 1.25. The molecule has 0 aromatic heterocycles. The van der Waals surface area contributed by atoms with E-state index < -0.39 is 0 Å². The number of rotatable bonds is 4. The van der Waals surface area contributed by atoms with E-state index in [1.54, 1.807) is 12.1 Å². The first kappa shape index (κ1) is 10.5. The van der Waals surface area contributed by atoms with Crippen LogP contribution in [0.1, 0.15) is 15.9 Å². The van der Waals surface area contributed by atoms with E-state index in [1.165, 1.54) is 14.2 Å². The summed E-state index contributed by atoms with van der Waals surface area (Å²) in [5.74, 6) is 0.917. The Bertz CT molecular complexity index is 333. The highest BCUT2D eigenvalue weighted by Gasteiger charge is 2.10. The molecule has 4 nitrogen and oxygen atoms in total. The molecule has 0 aliphatic carbocycles. The van der Waals surface area contributed by atoms with Crippen molar-refractivity contribution in [3.63, 3.8) is 0 Å². The van der Waals surface area contributed by atoms with E-state index in [-0.39, 0.29) is 6.61 Å². The van der Waals surface area contributed by atoms with Crippen molar-refractivity contribution in [3.8, 4) is 11.5 Å². The maximum absolute atomic E-state index is 10.7. The number of ether oxygens (including phenoxy) is 2. The average Bonchev–Trinajstić information content (AvgIpc) is 2.26. The molecule has 4 heteroatoms. The highest BCUT2D eigenvalue weighted by atomic mass is 16.5. The topological polar surface area (TPSA) is 55.8 Å². The highest BCUT2D eigenvalue weighted by molar-refractivity contribution is 5.81. The summed E-state index contributed by atoms with van der Waals surface area (Å²) in [6.45, 7) is -0.193. The first-order valence-corrected chi connectivity index (χ1v) is 4.07. The normalized spacial score (nSPS) is 9.64. The minimum absolute atomic E-state index is 0.193. The molecule has 0 atom stereocenters. The summed E-state index contributed by atoms with van der Waals surface area (Å²) in [6, 6.07) is 3.19. The van der Waals surface area contributed by atoms with Crippen molar-refractivity contribution in [2.45, 2.75) is 6.61 Å². The van der Waals surface area contributed by atoms with Gasteiger partial charge in [-0.25, -0.2) is 0 Å². The van der Waals surface area contributed by atoms with Crippen LogP contribution < -0.4 is 9.47 Å². The predicted octanol–water partition coefficient (Wildman–Crippen LogP) is 1.01. The number of carbonyl (C=O) groups is 1. The molecular weight excluding hydrogens is 184 g/mol. The van der Waals surface area contributed by atoms with Gasteiger partial charge in [0.25, 0.3) is 0 Å². The molecule has 1 aromatic carbocycles. The maximum Gasteiger partial charge on any atom is 0.153 e. The summed E-state index contributed by atoms with van der Waals surface area (Å²) in [5.41, 5.74) is 0.907. The first-order valence-electron chi connectivity index (χ1n) is 4.07. The van der Waals surface area contributed by atoms with Crippen LogP contribution in [-0.4, -0.2) is 25.6 Å². The largest absolute Gasteiger partial charge is 0.497 e. The van der Waals surface area contributed by atoms with Crippen molar-refractivity contribution in [1.29, 1.82) is 0 Å². The van der Waals surface area contributed by atoms with Gasteiger partial charge in [-0.05, 0) is 12.1 Å². The number of hydrogen-bond acceptors (Lipinski definition) is 4. The lowest BCUT2D eigenvalue weighted by Gasteiger charge is -2.10. The molecular formula is C10H12O4. The van der Waals surface area contributed by atoms with Gasteiger partial charge < -0.3 is 14.6 Å². The third-order valence-corrected chi connectivity index (χ3v) is 1.91. The number of benzene rings is 1. The molecule has 0 spiro atoms. The molecule has 0 saturated heterocycles. The molecule has 0 saturated carbocycles. The number of aliphatic hydroxyl groups excluding tert-OH is 1. The van der Waals surface area contributed by atoms with Crippen molar-refractivity contribution >= 4 is 6.29 Å². The lowest BCUT2D eigenvalue weighted by molar-refractivity contribution is 0.112. The van der Waals surface area contributed by atoms with E-state index in [0.29, 0.717) is 28.9 Å². The monoisotopic (exact) mass is 196 g/mol. The van der Waals surface area contributed by atoms with Crippen LogP contribution in [0.3, 0.4) is 0 Å². The number of aliphatic hydroxyl groups is 1. The molecule has 0 bridgehead atoms. The van der Waals surface area contributed by atoms with E-state index >= 15 is 0 Å². The Kier molecular flexibility index (Phi) is 3.48. The molecule has 14 heavy (non-hydrogen) atoms. The summed E-state index contributed by atoms with van der Waals surface area (Å²) in [6.07, 6.45) is 0.667. The Hall–Kier alpha value is -1.55. The van der Waals surface area contributed by atoms with Crippen LogP contribution in [0.2, 0.25) is 0 Å². The molecule has 0 fully saturated rings. The van der Waals surface area contributed by atoms with Gasteiger partial charge >= 0.3 is 0 Å². The van der Waals surface area contributed by atoms with Crippen LogP contribution in [0.15, 0.2) is 12.1 Å². The fourth-order valence-corrected chi connectivity index (χ4v) is 1.25. The van der Waals surface area contributed by atoms with Crippen molar-refractivity contribution in [2.24, 2.45) is 0 Å². The summed E-state index contributed by atoms with van der Waals surface area (Å²) >= 11 is 0. The van der Waals surface area contributed by atoms with Gasteiger partial charge in [0.1, 0.15) is 11.5 Å². The zero-order valence-corrected chi connectivity index (χ0v) is 8.11. The molecule has 0 heterocycles. The molecule has 1 N–H and O–H groups in total. The van der Waals surface area contributed by atoms with E-state index in [4.69, 9.17) is 14.6 Å². The minimum atomic E-state index is -0.193. The Morgan fingerprint density at radius 3 is 2.50 bits per heavy atom. The zero-order chi connectivity index (χ0) is 10.6. The fraction of sp³-hybridized carbons (Fsp3) is 0.300. The standard InChI is InChI=1S/C10H12O4/c1-13-9-3-7(5-11)10(14-2)8(4-9)6-12/h3-5,12H,6H2,1-2H3. The van der Waals surface area contributed by atoms with Crippen LogP contribution in [-0.2, 0) is 6.61 Å². The average molecular weight is 196 g/mol. The molecule has 0 amide bonds. The van der Waals surface area contributed by atoms with Crippen LogP contribution in [0.25, 0.3) is 0 Å². The quantitative estimate of drug-likeness (QED) is 0.730. The lowest BCUT2D eigenvalue weighted by Crippen LogP contribution is -1.98. The maximum atomic E-state index is 10.7. The van der Waals surface area contributed by atoms with Gasteiger partial charge in [0.05, 0.1) is 26.4 Å². The van der Waals surface area contributed by atoms with Gasteiger partial charge in [-0.1, -0.05) is 0 Å². The third-order valence-electron chi connectivity index (χ3n) is 1.91. The second-order valence-corrected chi connectivity index (χ2v) is 2.68. The minimum Gasteiger partial charge on any atom is -0.497 e. The molecule has 0 unspecified atom stereocenters. The summed E-state index contributed by atoms with van der Waals surface area (Å²) < 4.78 is 9.98. The number of hydrogen-bond donors (Lipinski definition) is 1. The Balaban J connectivity index is 3.31. The van der Waals surface area contributed by atoms with E-state index in [1.807, 2.05) is 0 Å². The zero-order valence-electron chi connectivity index (χ0n) is 8.11. The molecule has 0 aliphatic rings. The van der Waals surface area contributed by atoms with Gasteiger partial charge in [-0.3, -0.25) is 4.79 Å². The Morgan fingerprint density at radius 1 is 1.36 bits per heavy atom. The predicted molar refractivity (Wildman–Crippen MR) is 50.9 cm³/mol. The molecule has 0 radical (unpaired) electrons. The lowest BCUT2D eigenvalue weighted by atomic mass is 10.1. The number of aldehydes is 1. The summed E-state index contributed by atoms with van der Waals surface area (Å²) in [5, 5.41) is 9.04. The number of carbonyl (C=O) groups excluding carboxylic acids is 1. The Morgan fingerprint density at radius 2 is 2.07 bits per heavy atom. The number of methoxy groups -OCH3 is 2. The van der Waals surface area contributed by atoms with Gasteiger partial charge in [-0.2, -0.15) is 0 Å². The second-order valence-electron chi connectivity index (χ2n) is 2.68. The summed E-state index contributed by atoms with van der Waals surface area (Å²) in [7, 11) is 2.95. The van der Waals surface area contributed by atoms with E-state index in [9.17, 15) is 4.79 Å². The summed E-state index contributed by atoms with van der Waals surface area (Å²) in [4.78, 5) is 10.7. The van der Waals surface area contributed by atoms with Crippen molar-refractivity contribution in [1.82, 2.24) is 0 Å². The molecule has 0 aliphatic heterocycles. The van der Waals surface area contributed by atoms with Gasteiger partial charge in [0.15, 0.2) is 6.29 Å². The third kappa shape index (κ3) is 1.85. The van der Waals surface area contributed by atoms with Crippen LogP contribution >= 0.6 is 0 Å². The van der Waals surface area contributed by atoms with Crippen LogP contribution in [0.5, 0.6) is 11.5 Å². The molecule has 1 aromatic rings. The van der Waals surface area contributed by atoms with E-state index in [0.717, 1.165) is 0 Å². The van der Waals surface area contributed by atoms with Gasteiger partial charge in [0, 0.05) is 5.56 Å². The van der Waals surface area contributed by atoms with Gasteiger partial charge in [-0.15, -0.1) is 0 Å². The van der Waals surface area contributed by atoms with Crippen LogP contribution in [0, 0.1) is 0 Å².